The maximum absolute atomic E-state index is 11.2. The van der Waals surface area contributed by atoms with Crippen molar-refractivity contribution >= 4 is 6.09 Å². The Morgan fingerprint density at radius 2 is 1.72 bits per heavy atom. The van der Waals surface area contributed by atoms with Crippen LogP contribution in [0.4, 0.5) is 4.79 Å². The molecular weight excluding hydrogens is 316 g/mol. The molecule has 1 aliphatic heterocycles. The molecule has 1 heterocycles. The Labute approximate surface area is 148 Å². The molecule has 132 valence electrons. The zero-order valence-electron chi connectivity index (χ0n) is 14.1. The molecule has 0 bridgehead atoms. The summed E-state index contributed by atoms with van der Waals surface area (Å²) < 4.78 is 6.06. The summed E-state index contributed by atoms with van der Waals surface area (Å²) in [5.41, 5.74) is 2.28. The first-order valence-electron chi connectivity index (χ1n) is 8.61. The summed E-state index contributed by atoms with van der Waals surface area (Å²) in [4.78, 5) is 12.5. The van der Waals surface area contributed by atoms with Gasteiger partial charge in [0.15, 0.2) is 0 Å². The number of nitrogens with zero attached hydrogens (tertiary/aromatic N) is 1. The van der Waals surface area contributed by atoms with Crippen molar-refractivity contribution in [1.29, 1.82) is 0 Å². The van der Waals surface area contributed by atoms with E-state index in [9.17, 15) is 9.90 Å². The Morgan fingerprint density at radius 3 is 2.36 bits per heavy atom. The molecule has 0 spiro atoms. The second kappa shape index (κ2) is 8.65. The summed E-state index contributed by atoms with van der Waals surface area (Å²) in [5.74, 6) is 0. The van der Waals surface area contributed by atoms with E-state index in [0.29, 0.717) is 26.1 Å². The van der Waals surface area contributed by atoms with E-state index in [0.717, 1.165) is 12.1 Å². The molecule has 1 aliphatic rings. The topological polar surface area (TPSA) is 64.6 Å². The molecular formula is C20H23N2O3-. The number of rotatable bonds is 6. The first-order chi connectivity index (χ1) is 12.2. The lowest BCUT2D eigenvalue weighted by molar-refractivity contribution is -0.268. The monoisotopic (exact) mass is 339 g/mol. The molecule has 2 atom stereocenters. The van der Waals surface area contributed by atoms with Crippen molar-refractivity contribution in [1.82, 2.24) is 10.2 Å². The van der Waals surface area contributed by atoms with Gasteiger partial charge in [0.1, 0.15) is 6.09 Å². The predicted molar refractivity (Wildman–Crippen MR) is 93.7 cm³/mol. The second-order valence-corrected chi connectivity index (χ2v) is 6.31. The van der Waals surface area contributed by atoms with Crippen LogP contribution in [0.3, 0.4) is 0 Å². The molecule has 5 nitrogen and oxygen atoms in total. The van der Waals surface area contributed by atoms with Crippen molar-refractivity contribution in [3.63, 3.8) is 0 Å². The molecule has 0 saturated carbocycles. The van der Waals surface area contributed by atoms with Gasteiger partial charge in [-0.05, 0) is 17.5 Å². The van der Waals surface area contributed by atoms with Crippen molar-refractivity contribution in [3.05, 3.63) is 71.8 Å². The minimum Gasteiger partial charge on any atom is -0.530 e. The largest absolute Gasteiger partial charge is 0.530 e. The van der Waals surface area contributed by atoms with Crippen LogP contribution in [0.2, 0.25) is 0 Å². The number of hydrogen-bond donors (Lipinski definition) is 1. The molecule has 0 aliphatic carbocycles. The highest BCUT2D eigenvalue weighted by Gasteiger charge is 2.29. The van der Waals surface area contributed by atoms with E-state index in [2.05, 4.69) is 17.4 Å². The number of benzene rings is 2. The molecule has 3 rings (SSSR count). The summed E-state index contributed by atoms with van der Waals surface area (Å²) in [6.07, 6.45) is -0.620. The number of carboxylic acid groups (broad SMARTS) is 1. The van der Waals surface area contributed by atoms with Crippen LogP contribution in [0.15, 0.2) is 60.7 Å². The number of likely N-dealkylation sites (tertiary alicyclic amines) is 1. The highest BCUT2D eigenvalue weighted by molar-refractivity contribution is 5.62. The normalized spacial score (nSPS) is 20.4. The lowest BCUT2D eigenvalue weighted by atomic mass is 10.0. The third-order valence-corrected chi connectivity index (χ3v) is 4.54. The zero-order chi connectivity index (χ0) is 17.5. The fourth-order valence-corrected chi connectivity index (χ4v) is 3.11. The van der Waals surface area contributed by atoms with Gasteiger partial charge in [0, 0.05) is 25.7 Å². The Kier molecular flexibility index (Phi) is 6.04. The molecule has 1 saturated heterocycles. The molecule has 0 aromatic heterocycles. The van der Waals surface area contributed by atoms with Crippen LogP contribution in [-0.4, -0.2) is 36.2 Å². The van der Waals surface area contributed by atoms with Gasteiger partial charge in [0.05, 0.1) is 12.7 Å². The molecule has 1 N–H and O–H groups in total. The van der Waals surface area contributed by atoms with Gasteiger partial charge in [0.25, 0.3) is 0 Å². The average molecular weight is 339 g/mol. The lowest BCUT2D eigenvalue weighted by Gasteiger charge is -2.40. The van der Waals surface area contributed by atoms with E-state index in [4.69, 9.17) is 4.74 Å². The van der Waals surface area contributed by atoms with Gasteiger partial charge in [-0.25, -0.2) is 0 Å². The summed E-state index contributed by atoms with van der Waals surface area (Å²) in [7, 11) is 0. The number of nitrogens with one attached hydrogen (secondary N) is 1. The van der Waals surface area contributed by atoms with E-state index in [-0.39, 0.29) is 12.1 Å². The van der Waals surface area contributed by atoms with E-state index < -0.39 is 6.09 Å². The van der Waals surface area contributed by atoms with Gasteiger partial charge in [-0.1, -0.05) is 60.7 Å². The molecule has 1 fully saturated rings. The summed E-state index contributed by atoms with van der Waals surface area (Å²) in [5, 5.41) is 14.7. The Bertz CT molecular complexity index is 663. The van der Waals surface area contributed by atoms with E-state index in [1.165, 1.54) is 10.5 Å². The van der Waals surface area contributed by atoms with Crippen LogP contribution in [-0.2, 0) is 17.9 Å². The number of carbonyl (C=O) groups excluding carboxylic acids is 1. The lowest BCUT2D eigenvalue weighted by Crippen LogP contribution is -2.57. The molecule has 5 heteroatoms. The summed E-state index contributed by atoms with van der Waals surface area (Å²) in [6.45, 7) is 2.01. The van der Waals surface area contributed by atoms with Crippen molar-refractivity contribution in [2.24, 2.45) is 0 Å². The van der Waals surface area contributed by atoms with E-state index in [1.54, 1.807) is 0 Å². The number of ether oxygens (including phenoxy) is 1. The predicted octanol–water partition coefficient (Wildman–Crippen LogP) is 1.78. The van der Waals surface area contributed by atoms with Crippen LogP contribution < -0.4 is 10.4 Å². The number of piperidine rings is 1. The van der Waals surface area contributed by atoms with Gasteiger partial charge in [0.2, 0.25) is 0 Å². The fourth-order valence-electron chi connectivity index (χ4n) is 3.11. The molecule has 2 aromatic rings. The third-order valence-electron chi connectivity index (χ3n) is 4.54. The van der Waals surface area contributed by atoms with Crippen LogP contribution in [0, 0.1) is 0 Å². The van der Waals surface area contributed by atoms with Crippen molar-refractivity contribution in [2.45, 2.75) is 31.7 Å². The summed E-state index contributed by atoms with van der Waals surface area (Å²) in [6, 6.07) is 20.2. The number of carbonyl (C=O) groups is 1. The van der Waals surface area contributed by atoms with Gasteiger partial charge < -0.3 is 24.9 Å². The van der Waals surface area contributed by atoms with Crippen LogP contribution in [0.1, 0.15) is 17.5 Å². The average Bonchev–Trinajstić information content (AvgIpc) is 2.66. The minimum absolute atomic E-state index is 0.111. The van der Waals surface area contributed by atoms with Crippen molar-refractivity contribution in [3.8, 4) is 0 Å². The first kappa shape index (κ1) is 17.5. The zero-order valence-corrected chi connectivity index (χ0v) is 14.1. The van der Waals surface area contributed by atoms with Crippen molar-refractivity contribution < 1.29 is 14.6 Å². The molecule has 2 unspecified atom stereocenters. The highest BCUT2D eigenvalue weighted by atomic mass is 16.5. The molecule has 2 aromatic carbocycles. The number of hydrogen-bond acceptors (Lipinski definition) is 4. The van der Waals surface area contributed by atoms with E-state index >= 15 is 0 Å². The third kappa shape index (κ3) is 5.05. The Hall–Kier alpha value is -2.37. The van der Waals surface area contributed by atoms with Crippen LogP contribution >= 0.6 is 0 Å². The standard InChI is InChI=1S/C20H24N2O3/c23-20(24)22-12-11-18(21-13-16-7-3-1-4-8-16)19(14-22)25-15-17-9-5-2-6-10-17/h1-10,18-19,21H,11-15H2,(H,23,24)/p-1. The van der Waals surface area contributed by atoms with Gasteiger partial charge in [-0.15, -0.1) is 0 Å². The van der Waals surface area contributed by atoms with E-state index in [1.807, 2.05) is 48.5 Å². The maximum Gasteiger partial charge on any atom is 0.137 e. The smallest absolute Gasteiger partial charge is 0.137 e. The van der Waals surface area contributed by atoms with Gasteiger partial charge in [-0.2, -0.15) is 0 Å². The van der Waals surface area contributed by atoms with Gasteiger partial charge in [-0.3, -0.25) is 0 Å². The fraction of sp³-hybridized carbons (Fsp3) is 0.350. The second-order valence-electron chi connectivity index (χ2n) is 6.31. The number of amides is 1. The Morgan fingerprint density at radius 1 is 1.08 bits per heavy atom. The molecule has 25 heavy (non-hydrogen) atoms. The quantitative estimate of drug-likeness (QED) is 0.871. The molecule has 0 radical (unpaired) electrons. The maximum atomic E-state index is 11.2. The molecule has 1 amide bonds. The SMILES string of the molecule is O=C([O-])N1CCC(NCc2ccccc2)C(OCc2ccccc2)C1. The van der Waals surface area contributed by atoms with Crippen LogP contribution in [0.25, 0.3) is 0 Å². The first-order valence-corrected chi connectivity index (χ1v) is 8.61. The van der Waals surface area contributed by atoms with Crippen molar-refractivity contribution in [2.75, 3.05) is 13.1 Å². The van der Waals surface area contributed by atoms with Crippen LogP contribution in [0.5, 0.6) is 0 Å². The van der Waals surface area contributed by atoms with Gasteiger partial charge >= 0.3 is 0 Å². The summed E-state index contributed by atoms with van der Waals surface area (Å²) >= 11 is 0. The minimum atomic E-state index is -1.13. The highest BCUT2D eigenvalue weighted by Crippen LogP contribution is 2.17. The Balaban J connectivity index is 1.61.